The minimum absolute atomic E-state index is 0.00179. The van der Waals surface area contributed by atoms with Crippen LogP contribution >= 0.6 is 0 Å². The maximum absolute atomic E-state index is 3.87. The highest BCUT2D eigenvalue weighted by molar-refractivity contribution is 5.64. The monoisotopic (exact) mass is 329 g/mol. The lowest BCUT2D eigenvalue weighted by molar-refractivity contribution is 0.521. The maximum atomic E-state index is 3.87. The SMILES string of the molecule is C=C/C=C(\C=C)Nc1ccc2c(c1)C(C)(C)c1ccccc1C2(C)C. The molecule has 0 radical (unpaired) electrons. The zero-order valence-electron chi connectivity index (χ0n) is 15.7. The molecule has 0 aliphatic heterocycles. The van der Waals surface area contributed by atoms with Crippen molar-refractivity contribution >= 4 is 5.69 Å². The highest BCUT2D eigenvalue weighted by Crippen LogP contribution is 2.50. The molecule has 0 unspecified atom stereocenters. The Morgan fingerprint density at radius 2 is 1.40 bits per heavy atom. The molecule has 128 valence electrons. The van der Waals surface area contributed by atoms with E-state index in [2.05, 4.69) is 88.6 Å². The molecule has 0 bridgehead atoms. The van der Waals surface area contributed by atoms with Crippen molar-refractivity contribution in [1.29, 1.82) is 0 Å². The predicted octanol–water partition coefficient (Wildman–Crippen LogP) is 6.32. The summed E-state index contributed by atoms with van der Waals surface area (Å²) in [4.78, 5) is 0. The third kappa shape index (κ3) is 2.74. The fourth-order valence-corrected chi connectivity index (χ4v) is 4.00. The van der Waals surface area contributed by atoms with E-state index in [1.165, 1.54) is 22.3 Å². The maximum Gasteiger partial charge on any atom is 0.0387 e. The number of rotatable bonds is 4. The average molecular weight is 329 g/mol. The quantitative estimate of drug-likeness (QED) is 0.647. The van der Waals surface area contributed by atoms with E-state index in [-0.39, 0.29) is 10.8 Å². The summed E-state index contributed by atoms with van der Waals surface area (Å²) in [6.07, 6.45) is 5.51. The van der Waals surface area contributed by atoms with Gasteiger partial charge in [-0.1, -0.05) is 77.3 Å². The summed E-state index contributed by atoms with van der Waals surface area (Å²) in [5.74, 6) is 0. The lowest BCUT2D eigenvalue weighted by Gasteiger charge is -2.44. The molecule has 1 aliphatic rings. The van der Waals surface area contributed by atoms with E-state index in [9.17, 15) is 0 Å². The summed E-state index contributed by atoms with van der Waals surface area (Å²) >= 11 is 0. The number of hydrogen-bond acceptors (Lipinski definition) is 1. The Labute approximate surface area is 151 Å². The highest BCUT2D eigenvalue weighted by atomic mass is 14.9. The van der Waals surface area contributed by atoms with Crippen molar-refractivity contribution in [2.24, 2.45) is 0 Å². The van der Waals surface area contributed by atoms with Gasteiger partial charge >= 0.3 is 0 Å². The van der Waals surface area contributed by atoms with Crippen molar-refractivity contribution in [2.45, 2.75) is 38.5 Å². The second-order valence-corrected chi connectivity index (χ2v) is 7.74. The Balaban J connectivity index is 2.16. The molecule has 3 rings (SSSR count). The average Bonchev–Trinajstić information content (AvgIpc) is 2.60. The smallest absolute Gasteiger partial charge is 0.0387 e. The molecule has 1 heteroatoms. The van der Waals surface area contributed by atoms with Crippen LogP contribution in [0, 0.1) is 0 Å². The molecular weight excluding hydrogens is 302 g/mol. The summed E-state index contributed by atoms with van der Waals surface area (Å²) in [5, 5.41) is 3.44. The summed E-state index contributed by atoms with van der Waals surface area (Å²) < 4.78 is 0. The van der Waals surface area contributed by atoms with Crippen molar-refractivity contribution in [3.05, 3.63) is 102 Å². The van der Waals surface area contributed by atoms with Crippen LogP contribution in [0.25, 0.3) is 0 Å². The van der Waals surface area contributed by atoms with Gasteiger partial charge in [0.05, 0.1) is 0 Å². The van der Waals surface area contributed by atoms with Crippen LogP contribution in [0.4, 0.5) is 5.69 Å². The molecule has 1 N–H and O–H groups in total. The predicted molar refractivity (Wildman–Crippen MR) is 109 cm³/mol. The first-order valence-electron chi connectivity index (χ1n) is 8.79. The van der Waals surface area contributed by atoms with Gasteiger partial charge in [0.1, 0.15) is 0 Å². The van der Waals surface area contributed by atoms with Crippen LogP contribution in [0.5, 0.6) is 0 Å². The topological polar surface area (TPSA) is 12.0 Å². The van der Waals surface area contributed by atoms with Gasteiger partial charge in [-0.2, -0.15) is 0 Å². The molecular formula is C24H27N. The number of nitrogens with one attached hydrogen (secondary N) is 1. The van der Waals surface area contributed by atoms with E-state index in [0.717, 1.165) is 11.4 Å². The molecule has 0 saturated heterocycles. The molecule has 0 amide bonds. The van der Waals surface area contributed by atoms with E-state index in [0.29, 0.717) is 0 Å². The molecule has 0 aromatic heterocycles. The lowest BCUT2D eigenvalue weighted by Crippen LogP contribution is -2.36. The van der Waals surface area contributed by atoms with Crippen molar-refractivity contribution in [3.8, 4) is 0 Å². The molecule has 1 aliphatic carbocycles. The number of benzene rings is 2. The van der Waals surface area contributed by atoms with Gasteiger partial charge in [0, 0.05) is 22.2 Å². The Kier molecular flexibility index (Phi) is 4.20. The van der Waals surface area contributed by atoms with Crippen LogP contribution in [-0.4, -0.2) is 0 Å². The zero-order chi connectivity index (χ0) is 18.2. The number of anilines is 1. The first kappa shape index (κ1) is 17.3. The van der Waals surface area contributed by atoms with Gasteiger partial charge in [-0.25, -0.2) is 0 Å². The fraction of sp³-hybridized carbons (Fsp3) is 0.250. The number of fused-ring (bicyclic) bond motifs is 2. The lowest BCUT2D eigenvalue weighted by atomic mass is 9.60. The van der Waals surface area contributed by atoms with Crippen molar-refractivity contribution in [3.63, 3.8) is 0 Å². The van der Waals surface area contributed by atoms with Crippen molar-refractivity contribution < 1.29 is 0 Å². The number of allylic oxidation sites excluding steroid dienone is 3. The molecule has 0 saturated carbocycles. The third-order valence-corrected chi connectivity index (χ3v) is 5.45. The molecule has 0 fully saturated rings. The Hall–Kier alpha value is -2.54. The largest absolute Gasteiger partial charge is 0.356 e. The van der Waals surface area contributed by atoms with Gasteiger partial charge in [0.25, 0.3) is 0 Å². The van der Waals surface area contributed by atoms with Gasteiger partial charge in [-0.05, 0) is 46.5 Å². The van der Waals surface area contributed by atoms with E-state index in [1.807, 2.05) is 12.2 Å². The van der Waals surface area contributed by atoms with Gasteiger partial charge in [-0.15, -0.1) is 0 Å². The summed E-state index contributed by atoms with van der Waals surface area (Å²) in [7, 11) is 0. The molecule has 0 spiro atoms. The summed E-state index contributed by atoms with van der Waals surface area (Å²) in [5.41, 5.74) is 7.60. The van der Waals surface area contributed by atoms with Crippen LogP contribution in [0.15, 0.2) is 79.5 Å². The summed E-state index contributed by atoms with van der Waals surface area (Å²) in [6.45, 7) is 16.9. The second-order valence-electron chi connectivity index (χ2n) is 7.74. The fourth-order valence-electron chi connectivity index (χ4n) is 4.00. The van der Waals surface area contributed by atoms with E-state index in [1.54, 1.807) is 6.08 Å². The Bertz CT molecular complexity index is 865. The summed E-state index contributed by atoms with van der Waals surface area (Å²) in [6, 6.07) is 15.5. The van der Waals surface area contributed by atoms with Crippen molar-refractivity contribution in [1.82, 2.24) is 0 Å². The standard InChI is InChI=1S/C24H27N/c1-7-11-17(8-2)25-18-14-15-21-22(16-18)24(5,6)20-13-10-9-12-19(20)23(21,3)4/h7-16,25H,1-2H2,3-6H3/b17-11+. The van der Waals surface area contributed by atoms with Crippen LogP contribution in [0.2, 0.25) is 0 Å². The van der Waals surface area contributed by atoms with Crippen LogP contribution in [0.1, 0.15) is 49.9 Å². The molecule has 0 heterocycles. The van der Waals surface area contributed by atoms with Gasteiger partial charge in [0.15, 0.2) is 0 Å². The highest BCUT2D eigenvalue weighted by Gasteiger charge is 2.41. The number of hydrogen-bond donors (Lipinski definition) is 1. The van der Waals surface area contributed by atoms with Crippen molar-refractivity contribution in [2.75, 3.05) is 5.32 Å². The van der Waals surface area contributed by atoms with Crippen LogP contribution in [-0.2, 0) is 10.8 Å². The first-order chi connectivity index (χ1) is 11.8. The molecule has 25 heavy (non-hydrogen) atoms. The molecule has 1 nitrogen and oxygen atoms in total. The van der Waals surface area contributed by atoms with E-state index in [4.69, 9.17) is 0 Å². The van der Waals surface area contributed by atoms with E-state index >= 15 is 0 Å². The van der Waals surface area contributed by atoms with Crippen LogP contribution in [0.3, 0.4) is 0 Å². The van der Waals surface area contributed by atoms with Gasteiger partial charge < -0.3 is 5.32 Å². The third-order valence-electron chi connectivity index (χ3n) is 5.45. The van der Waals surface area contributed by atoms with Crippen LogP contribution < -0.4 is 5.32 Å². The molecule has 2 aromatic carbocycles. The minimum atomic E-state index is -0.0321. The Morgan fingerprint density at radius 3 is 1.96 bits per heavy atom. The minimum Gasteiger partial charge on any atom is -0.356 e. The Morgan fingerprint density at radius 1 is 0.840 bits per heavy atom. The van der Waals surface area contributed by atoms with E-state index < -0.39 is 0 Å². The van der Waals surface area contributed by atoms with Gasteiger partial charge in [-0.3, -0.25) is 0 Å². The normalized spacial score (nSPS) is 17.2. The second kappa shape index (κ2) is 6.07. The molecule has 2 aromatic rings. The zero-order valence-corrected chi connectivity index (χ0v) is 15.7. The molecule has 0 atom stereocenters. The first-order valence-corrected chi connectivity index (χ1v) is 8.79. The van der Waals surface area contributed by atoms with Gasteiger partial charge in [0.2, 0.25) is 0 Å².